The molecule has 3 rings (SSSR count). The van der Waals surface area contributed by atoms with Crippen molar-refractivity contribution in [2.24, 2.45) is 9.39 Å². The maximum absolute atomic E-state index is 13.7. The lowest BCUT2D eigenvalue weighted by atomic mass is 10.1. The minimum atomic E-state index is -4.83. The van der Waals surface area contributed by atoms with E-state index >= 15 is 0 Å². The number of hydrogen-bond acceptors (Lipinski definition) is 6. The fourth-order valence-corrected chi connectivity index (χ4v) is 3.62. The van der Waals surface area contributed by atoms with Gasteiger partial charge < -0.3 is 15.3 Å². The molecule has 1 heterocycles. The lowest BCUT2D eigenvalue weighted by Gasteiger charge is -2.18. The number of carbonyl (C=O) groups excluding carboxylic acids is 1. The number of anilines is 1. The van der Waals surface area contributed by atoms with Gasteiger partial charge in [0.2, 0.25) is 0 Å². The van der Waals surface area contributed by atoms with Gasteiger partial charge in [0.05, 0.1) is 11.3 Å². The number of nitrogens with zero attached hydrogens (tertiary/aromatic N) is 3. The van der Waals surface area contributed by atoms with Crippen LogP contribution in [-0.2, 0) is 10.2 Å². The molecule has 2 aromatic rings. The molecule has 13 heteroatoms. The van der Waals surface area contributed by atoms with Crippen molar-refractivity contribution in [3.63, 3.8) is 0 Å². The number of halogens is 3. The second-order valence-electron chi connectivity index (χ2n) is 6.88. The minimum absolute atomic E-state index is 0.106. The number of phenols is 1. The molecule has 0 fully saturated rings. The van der Waals surface area contributed by atoms with E-state index < -0.39 is 45.8 Å². The summed E-state index contributed by atoms with van der Waals surface area (Å²) in [6.45, 7) is 0. The summed E-state index contributed by atoms with van der Waals surface area (Å²) in [5.74, 6) is -2.34. The van der Waals surface area contributed by atoms with Crippen molar-refractivity contribution >= 4 is 33.5 Å². The number of aromatic hydroxyl groups is 1. The number of benzene rings is 2. The molecule has 9 nitrogen and oxygen atoms in total. The van der Waals surface area contributed by atoms with Crippen LogP contribution in [0.5, 0.6) is 5.75 Å². The number of para-hydroxylation sites is 1. The number of amidine groups is 2. The summed E-state index contributed by atoms with van der Waals surface area (Å²) in [5, 5.41) is 12.9. The maximum atomic E-state index is 13.7. The van der Waals surface area contributed by atoms with Gasteiger partial charge in [-0.1, -0.05) is 36.4 Å². The molecule has 1 atom stereocenters. The van der Waals surface area contributed by atoms with Crippen LogP contribution in [0.3, 0.4) is 0 Å². The second kappa shape index (κ2) is 8.49. The number of rotatable bonds is 4. The first-order chi connectivity index (χ1) is 14.9. The second-order valence-corrected chi connectivity index (χ2v) is 8.21. The van der Waals surface area contributed by atoms with Crippen molar-refractivity contribution in [1.29, 1.82) is 0 Å². The Morgan fingerprint density at radius 1 is 1.16 bits per heavy atom. The lowest BCUT2D eigenvalue weighted by Crippen LogP contribution is -2.33. The summed E-state index contributed by atoms with van der Waals surface area (Å²) in [6, 6.07) is 8.38. The third kappa shape index (κ3) is 4.99. The third-order valence-corrected chi connectivity index (χ3v) is 5.14. The van der Waals surface area contributed by atoms with Crippen LogP contribution in [-0.4, -0.2) is 56.3 Å². The van der Waals surface area contributed by atoms with E-state index in [0.717, 1.165) is 0 Å². The van der Waals surface area contributed by atoms with Crippen LogP contribution in [0.15, 0.2) is 57.9 Å². The van der Waals surface area contributed by atoms with Gasteiger partial charge in [-0.2, -0.15) is 21.6 Å². The molecule has 1 aliphatic heterocycles. The Balaban J connectivity index is 2.03. The molecule has 0 radical (unpaired) electrons. The average molecular weight is 469 g/mol. The number of aliphatic imine (C=N–C) groups is 1. The van der Waals surface area contributed by atoms with Crippen molar-refractivity contribution in [2.45, 2.75) is 12.2 Å². The van der Waals surface area contributed by atoms with Crippen molar-refractivity contribution in [3.8, 4) is 5.75 Å². The zero-order valence-corrected chi connectivity index (χ0v) is 17.6. The summed E-state index contributed by atoms with van der Waals surface area (Å²) in [6.07, 6.45) is -4.83. The van der Waals surface area contributed by atoms with Crippen LogP contribution < -0.4 is 10.0 Å². The van der Waals surface area contributed by atoms with Crippen molar-refractivity contribution in [2.75, 3.05) is 19.4 Å². The number of amides is 1. The van der Waals surface area contributed by atoms with Gasteiger partial charge in [0.1, 0.15) is 0 Å². The molecule has 1 amide bonds. The first-order valence-electron chi connectivity index (χ1n) is 9.02. The number of hydrogen-bond donors (Lipinski definition) is 3. The van der Waals surface area contributed by atoms with Crippen molar-refractivity contribution in [1.82, 2.24) is 9.62 Å². The summed E-state index contributed by atoms with van der Waals surface area (Å²) in [4.78, 5) is 16.9. The Bertz CT molecular complexity index is 1200. The van der Waals surface area contributed by atoms with Crippen LogP contribution in [0.2, 0.25) is 0 Å². The monoisotopic (exact) mass is 469 g/mol. The van der Waals surface area contributed by atoms with E-state index in [1.807, 2.05) is 4.72 Å². The number of carbonyl (C=O) groups is 1. The zero-order chi connectivity index (χ0) is 23.7. The largest absolute Gasteiger partial charge is 0.505 e. The molecule has 32 heavy (non-hydrogen) atoms. The number of phenolic OH excluding ortho intramolecular Hbond substituents is 1. The van der Waals surface area contributed by atoms with Gasteiger partial charge >= 0.3 is 16.4 Å². The Hall–Kier alpha value is -3.61. The summed E-state index contributed by atoms with van der Waals surface area (Å²) in [7, 11) is -1.44. The Kier molecular flexibility index (Phi) is 6.12. The van der Waals surface area contributed by atoms with E-state index in [-0.39, 0.29) is 16.8 Å². The highest BCUT2D eigenvalue weighted by Crippen LogP contribution is 2.36. The van der Waals surface area contributed by atoms with E-state index in [0.29, 0.717) is 0 Å². The molecule has 0 aromatic heterocycles. The highest BCUT2D eigenvalue weighted by molar-refractivity contribution is 7.89. The van der Waals surface area contributed by atoms with Gasteiger partial charge in [0, 0.05) is 14.1 Å². The van der Waals surface area contributed by atoms with E-state index in [9.17, 15) is 31.5 Å². The van der Waals surface area contributed by atoms with Gasteiger partial charge in [-0.25, -0.2) is 9.71 Å². The molecule has 1 aliphatic rings. The molecular weight excluding hydrogens is 451 g/mol. The predicted octanol–water partition coefficient (Wildman–Crippen LogP) is 2.45. The van der Waals surface area contributed by atoms with Crippen LogP contribution in [0.4, 0.5) is 18.9 Å². The van der Waals surface area contributed by atoms with Gasteiger partial charge in [-0.3, -0.25) is 4.79 Å². The van der Waals surface area contributed by atoms with E-state index in [1.165, 1.54) is 67.5 Å². The topological polar surface area (TPSA) is 123 Å². The molecule has 0 aliphatic carbocycles. The predicted molar refractivity (Wildman–Crippen MR) is 112 cm³/mol. The van der Waals surface area contributed by atoms with Crippen LogP contribution in [0.1, 0.15) is 22.0 Å². The van der Waals surface area contributed by atoms with E-state index in [4.69, 9.17) is 0 Å². The highest BCUT2D eigenvalue weighted by atomic mass is 32.2. The van der Waals surface area contributed by atoms with E-state index in [1.54, 1.807) is 0 Å². The van der Waals surface area contributed by atoms with Gasteiger partial charge in [-0.05, 0) is 17.7 Å². The van der Waals surface area contributed by atoms with Gasteiger partial charge in [0.15, 0.2) is 23.5 Å². The van der Waals surface area contributed by atoms with Gasteiger partial charge in [0.25, 0.3) is 5.91 Å². The fraction of sp³-hybridized carbons (Fsp3) is 0.211. The van der Waals surface area contributed by atoms with Crippen LogP contribution >= 0.6 is 0 Å². The minimum Gasteiger partial charge on any atom is -0.505 e. The molecule has 0 saturated heterocycles. The Labute approximate surface area is 181 Å². The zero-order valence-electron chi connectivity index (χ0n) is 16.8. The Morgan fingerprint density at radius 2 is 1.81 bits per heavy atom. The standard InChI is InChI=1S/C19H18F3N5O4S/c1-27(2)18(29)12-9-6-10-13(14(12)28)23-16-17(26-32(30,31)25-16)24-15(19(20,21)22)11-7-4-3-5-8-11/h3-10,15,28H,1-2H3,(H,23,25)(H,24,26)/t15-/m0/s1. The third-order valence-electron chi connectivity index (χ3n) is 4.27. The fourth-order valence-electron chi connectivity index (χ4n) is 2.81. The van der Waals surface area contributed by atoms with E-state index in [2.05, 4.69) is 14.7 Å². The van der Waals surface area contributed by atoms with Crippen LogP contribution in [0.25, 0.3) is 0 Å². The normalized spacial score (nSPS) is 17.4. The SMILES string of the molecule is CN(C)C(=O)c1cccc(NC2=NS(=O)(=O)NC2=N[C@@H](c2ccccc2)C(F)(F)F)c1O. The van der Waals surface area contributed by atoms with Gasteiger partial charge in [-0.15, -0.1) is 4.40 Å². The lowest BCUT2D eigenvalue weighted by molar-refractivity contribution is -0.148. The molecule has 0 bridgehead atoms. The smallest absolute Gasteiger partial charge is 0.415 e. The molecule has 0 unspecified atom stereocenters. The first-order valence-corrected chi connectivity index (χ1v) is 10.5. The highest BCUT2D eigenvalue weighted by Gasteiger charge is 2.42. The summed E-state index contributed by atoms with van der Waals surface area (Å²) in [5.41, 5.74) is -0.462. The van der Waals surface area contributed by atoms with Crippen molar-refractivity contribution < 1.29 is 31.5 Å². The molecular formula is C19H18F3N5O4S. The molecule has 170 valence electrons. The maximum Gasteiger partial charge on any atom is 0.415 e. The molecule has 0 spiro atoms. The number of alkyl halides is 3. The Morgan fingerprint density at radius 3 is 2.41 bits per heavy atom. The summed E-state index contributed by atoms with van der Waals surface area (Å²) >= 11 is 0. The average Bonchev–Trinajstić information content (AvgIpc) is 3.00. The summed E-state index contributed by atoms with van der Waals surface area (Å²) < 4.78 is 70.0. The molecule has 2 aromatic carbocycles. The first kappa shape index (κ1) is 23.1. The molecule has 0 saturated carbocycles. The quantitative estimate of drug-likeness (QED) is 0.594. The molecule has 3 N–H and O–H groups in total. The van der Waals surface area contributed by atoms with Crippen LogP contribution in [0, 0.1) is 0 Å². The van der Waals surface area contributed by atoms with Crippen molar-refractivity contribution in [3.05, 3.63) is 59.7 Å². The number of nitrogens with one attached hydrogen (secondary N) is 2.